The summed E-state index contributed by atoms with van der Waals surface area (Å²) in [6.07, 6.45) is 2.32. The lowest BCUT2D eigenvalue weighted by atomic mass is 10.2. The second-order valence-corrected chi connectivity index (χ2v) is 2.96. The number of nitrogens with zero attached hydrogens (tertiary/aromatic N) is 1. The van der Waals surface area contributed by atoms with Gasteiger partial charge in [0.2, 0.25) is 0 Å². The summed E-state index contributed by atoms with van der Waals surface area (Å²) >= 11 is 0. The second kappa shape index (κ2) is 4.26. The van der Waals surface area contributed by atoms with Crippen molar-refractivity contribution in [3.63, 3.8) is 0 Å². The van der Waals surface area contributed by atoms with E-state index in [-0.39, 0.29) is 0 Å². The Morgan fingerprint density at radius 2 is 2.42 bits per heavy atom. The monoisotopic (exact) mass is 168 g/mol. The van der Waals surface area contributed by atoms with E-state index in [0.29, 0.717) is 11.9 Å². The maximum absolute atomic E-state index is 5.38. The van der Waals surface area contributed by atoms with Crippen LogP contribution in [-0.2, 0) is 4.74 Å². The van der Waals surface area contributed by atoms with Gasteiger partial charge in [0.1, 0.15) is 5.76 Å². The van der Waals surface area contributed by atoms with Crippen LogP contribution in [0.4, 0.5) is 0 Å². The molecule has 0 bridgehead atoms. The molecule has 0 aliphatic carbocycles. The summed E-state index contributed by atoms with van der Waals surface area (Å²) in [5.74, 6) is 1.46. The van der Waals surface area contributed by atoms with Crippen molar-refractivity contribution in [2.45, 2.75) is 25.8 Å². The van der Waals surface area contributed by atoms with Crippen LogP contribution in [0.3, 0.4) is 0 Å². The Labute approximate surface area is 73.5 Å². The van der Waals surface area contributed by atoms with E-state index < -0.39 is 0 Å². The van der Waals surface area contributed by atoms with Crippen molar-refractivity contribution in [1.82, 2.24) is 5.32 Å². The van der Waals surface area contributed by atoms with Gasteiger partial charge in [0, 0.05) is 14.0 Å². The topological polar surface area (TPSA) is 33.6 Å². The summed E-state index contributed by atoms with van der Waals surface area (Å²) < 4.78 is 5.38. The SMILES string of the molecule is C=C(OC(C)=NC)C1CCCN1. The van der Waals surface area contributed by atoms with Crippen molar-refractivity contribution in [3.8, 4) is 0 Å². The summed E-state index contributed by atoms with van der Waals surface area (Å²) in [5.41, 5.74) is 0. The van der Waals surface area contributed by atoms with E-state index in [4.69, 9.17) is 4.74 Å². The average molecular weight is 168 g/mol. The van der Waals surface area contributed by atoms with E-state index in [1.165, 1.54) is 6.42 Å². The van der Waals surface area contributed by atoms with Gasteiger partial charge in [-0.2, -0.15) is 0 Å². The van der Waals surface area contributed by atoms with Gasteiger partial charge in [-0.05, 0) is 19.4 Å². The third kappa shape index (κ3) is 2.34. The molecule has 0 aromatic carbocycles. The molecular weight excluding hydrogens is 152 g/mol. The zero-order chi connectivity index (χ0) is 8.97. The van der Waals surface area contributed by atoms with Gasteiger partial charge in [0.25, 0.3) is 0 Å². The molecule has 1 saturated heterocycles. The molecule has 0 saturated carbocycles. The van der Waals surface area contributed by atoms with E-state index in [1.807, 2.05) is 6.92 Å². The normalized spacial score (nSPS) is 24.2. The summed E-state index contributed by atoms with van der Waals surface area (Å²) in [6, 6.07) is 0.321. The highest BCUT2D eigenvalue weighted by Gasteiger charge is 2.18. The summed E-state index contributed by atoms with van der Waals surface area (Å²) in [7, 11) is 1.71. The lowest BCUT2D eigenvalue weighted by Crippen LogP contribution is -2.25. The molecule has 12 heavy (non-hydrogen) atoms. The zero-order valence-corrected chi connectivity index (χ0v) is 7.76. The molecule has 1 rings (SSSR count). The minimum Gasteiger partial charge on any atom is -0.447 e. The summed E-state index contributed by atoms with van der Waals surface area (Å²) in [5, 5.41) is 3.31. The van der Waals surface area contributed by atoms with Crippen LogP contribution < -0.4 is 5.32 Å². The van der Waals surface area contributed by atoms with Gasteiger partial charge in [0.05, 0.1) is 6.04 Å². The van der Waals surface area contributed by atoms with Crippen molar-refractivity contribution in [3.05, 3.63) is 12.3 Å². The van der Waals surface area contributed by atoms with Gasteiger partial charge in [-0.3, -0.25) is 4.99 Å². The van der Waals surface area contributed by atoms with Crippen molar-refractivity contribution >= 4 is 5.90 Å². The Balaban J connectivity index is 2.37. The molecule has 3 heteroatoms. The highest BCUT2D eigenvalue weighted by Crippen LogP contribution is 2.13. The van der Waals surface area contributed by atoms with E-state index in [2.05, 4.69) is 16.9 Å². The number of hydrogen-bond donors (Lipinski definition) is 1. The average Bonchev–Trinajstić information content (AvgIpc) is 2.56. The second-order valence-electron chi connectivity index (χ2n) is 2.96. The number of rotatable bonds is 2. The Hall–Kier alpha value is -0.830. The first-order chi connectivity index (χ1) is 5.74. The molecule has 0 radical (unpaired) electrons. The molecule has 1 aliphatic heterocycles. The molecule has 1 aliphatic rings. The molecule has 1 heterocycles. The van der Waals surface area contributed by atoms with Crippen molar-refractivity contribution in [2.75, 3.05) is 13.6 Å². The molecular formula is C9H16N2O. The lowest BCUT2D eigenvalue weighted by molar-refractivity contribution is 0.360. The highest BCUT2D eigenvalue weighted by molar-refractivity contribution is 5.74. The van der Waals surface area contributed by atoms with Crippen LogP contribution in [0.25, 0.3) is 0 Å². The molecule has 0 spiro atoms. The molecule has 0 amide bonds. The predicted octanol–water partition coefficient (Wildman–Crippen LogP) is 1.32. The molecule has 68 valence electrons. The van der Waals surface area contributed by atoms with Gasteiger partial charge in [-0.1, -0.05) is 6.58 Å². The molecule has 1 atom stereocenters. The van der Waals surface area contributed by atoms with Crippen LogP contribution >= 0.6 is 0 Å². The first kappa shape index (κ1) is 9.26. The number of nitrogens with one attached hydrogen (secondary N) is 1. The van der Waals surface area contributed by atoms with Gasteiger partial charge >= 0.3 is 0 Å². The Morgan fingerprint density at radius 1 is 1.67 bits per heavy atom. The van der Waals surface area contributed by atoms with E-state index in [1.54, 1.807) is 7.05 Å². The minimum atomic E-state index is 0.321. The first-order valence-corrected chi connectivity index (χ1v) is 4.27. The van der Waals surface area contributed by atoms with Crippen molar-refractivity contribution in [2.24, 2.45) is 4.99 Å². The highest BCUT2D eigenvalue weighted by atomic mass is 16.5. The molecule has 0 aromatic rings. The maximum atomic E-state index is 5.38. The van der Waals surface area contributed by atoms with Gasteiger partial charge in [-0.15, -0.1) is 0 Å². The van der Waals surface area contributed by atoms with Gasteiger partial charge in [0.15, 0.2) is 5.90 Å². The van der Waals surface area contributed by atoms with Gasteiger partial charge < -0.3 is 10.1 Å². The fourth-order valence-electron chi connectivity index (χ4n) is 1.27. The van der Waals surface area contributed by atoms with Crippen molar-refractivity contribution in [1.29, 1.82) is 0 Å². The van der Waals surface area contributed by atoms with Crippen LogP contribution in [0.15, 0.2) is 17.3 Å². The van der Waals surface area contributed by atoms with Crippen LogP contribution in [0.1, 0.15) is 19.8 Å². The fraction of sp³-hybridized carbons (Fsp3) is 0.667. The van der Waals surface area contributed by atoms with Crippen LogP contribution in [0.5, 0.6) is 0 Å². The van der Waals surface area contributed by atoms with Crippen molar-refractivity contribution < 1.29 is 4.74 Å². The van der Waals surface area contributed by atoms with E-state index in [0.717, 1.165) is 18.7 Å². The van der Waals surface area contributed by atoms with E-state index in [9.17, 15) is 0 Å². The summed E-state index contributed by atoms with van der Waals surface area (Å²) in [4.78, 5) is 3.91. The standard InChI is InChI=1S/C9H16N2O/c1-7(12-8(2)10-3)9-5-4-6-11-9/h9,11H,1,4-6H2,2-3H3. The zero-order valence-electron chi connectivity index (χ0n) is 7.76. The Morgan fingerprint density at radius 3 is 2.92 bits per heavy atom. The molecule has 1 fully saturated rings. The van der Waals surface area contributed by atoms with Gasteiger partial charge in [-0.25, -0.2) is 0 Å². The Kier molecular flexibility index (Phi) is 3.29. The number of aliphatic imine (C=N–C) groups is 1. The lowest BCUT2D eigenvalue weighted by Gasteiger charge is -2.13. The number of hydrogen-bond acceptors (Lipinski definition) is 3. The third-order valence-corrected chi connectivity index (χ3v) is 2.04. The molecule has 1 N–H and O–H groups in total. The number of ether oxygens (including phenoxy) is 1. The molecule has 1 unspecified atom stereocenters. The van der Waals surface area contributed by atoms with Crippen LogP contribution in [-0.4, -0.2) is 25.5 Å². The third-order valence-electron chi connectivity index (χ3n) is 2.04. The quantitative estimate of drug-likeness (QED) is 0.383. The van der Waals surface area contributed by atoms with E-state index >= 15 is 0 Å². The summed E-state index contributed by atoms with van der Waals surface area (Å²) in [6.45, 7) is 6.76. The molecule has 0 aromatic heterocycles. The molecule has 3 nitrogen and oxygen atoms in total. The fourth-order valence-corrected chi connectivity index (χ4v) is 1.27. The van der Waals surface area contributed by atoms with Crippen LogP contribution in [0, 0.1) is 0 Å². The largest absolute Gasteiger partial charge is 0.447 e. The smallest absolute Gasteiger partial charge is 0.186 e. The predicted molar refractivity (Wildman–Crippen MR) is 50.3 cm³/mol. The van der Waals surface area contributed by atoms with Crippen LogP contribution in [0.2, 0.25) is 0 Å². The maximum Gasteiger partial charge on any atom is 0.186 e. The Bertz CT molecular complexity index is 193. The first-order valence-electron chi connectivity index (χ1n) is 4.27. The minimum absolute atomic E-state index is 0.321.